The van der Waals surface area contributed by atoms with Crippen molar-refractivity contribution in [2.45, 2.75) is 18.9 Å². The van der Waals surface area contributed by atoms with Crippen molar-refractivity contribution in [3.63, 3.8) is 0 Å². The summed E-state index contributed by atoms with van der Waals surface area (Å²) < 4.78 is 18.8. The second-order valence-electron chi connectivity index (χ2n) is 8.51. The van der Waals surface area contributed by atoms with Crippen molar-refractivity contribution in [3.8, 4) is 28.5 Å². The van der Waals surface area contributed by atoms with Crippen LogP contribution < -0.4 is 19.9 Å². The van der Waals surface area contributed by atoms with E-state index < -0.39 is 0 Å². The lowest BCUT2D eigenvalue weighted by molar-refractivity contribution is 0.261. The number of hydrogen-bond donors (Lipinski definition) is 1. The summed E-state index contributed by atoms with van der Waals surface area (Å²) in [7, 11) is 1.67. The summed E-state index contributed by atoms with van der Waals surface area (Å²) in [5.41, 5.74) is 10.4. The Morgan fingerprint density at radius 1 is 1.11 bits per heavy atom. The Bertz CT molecular complexity index is 1540. The number of benzene rings is 2. The highest BCUT2D eigenvalue weighted by Crippen LogP contribution is 2.41. The molecule has 1 aliphatic heterocycles. The summed E-state index contributed by atoms with van der Waals surface area (Å²) in [6, 6.07) is 15.7. The van der Waals surface area contributed by atoms with E-state index >= 15 is 0 Å². The molecule has 0 saturated carbocycles. The van der Waals surface area contributed by atoms with Crippen LogP contribution in [0.3, 0.4) is 0 Å². The average molecular weight is 498 g/mol. The van der Waals surface area contributed by atoms with Crippen LogP contribution in [0.4, 0.5) is 5.95 Å². The van der Waals surface area contributed by atoms with Gasteiger partial charge >= 0.3 is 0 Å². The van der Waals surface area contributed by atoms with Crippen LogP contribution in [0.1, 0.15) is 22.1 Å². The first-order valence-corrected chi connectivity index (χ1v) is 12.3. The van der Waals surface area contributed by atoms with Gasteiger partial charge in [-0.1, -0.05) is 6.07 Å². The summed E-state index contributed by atoms with van der Waals surface area (Å²) >= 11 is 1.65. The molecule has 36 heavy (non-hydrogen) atoms. The lowest BCUT2D eigenvalue weighted by Gasteiger charge is -2.24. The van der Waals surface area contributed by atoms with E-state index in [1.54, 1.807) is 37.0 Å². The monoisotopic (exact) mass is 497 g/mol. The number of aromatic nitrogens is 4. The van der Waals surface area contributed by atoms with Crippen molar-refractivity contribution in [3.05, 3.63) is 83.3 Å². The van der Waals surface area contributed by atoms with Crippen LogP contribution in [-0.2, 0) is 13.0 Å². The van der Waals surface area contributed by atoms with E-state index in [1.165, 1.54) is 0 Å². The summed E-state index contributed by atoms with van der Waals surface area (Å²) in [6.07, 6.45) is 6.02. The quantitative estimate of drug-likeness (QED) is 0.348. The molecule has 0 spiro atoms. The van der Waals surface area contributed by atoms with Crippen molar-refractivity contribution in [1.82, 2.24) is 19.9 Å². The van der Waals surface area contributed by atoms with Crippen molar-refractivity contribution < 1.29 is 14.2 Å². The fraction of sp³-hybridized carbons (Fsp3) is 0.185. The molecule has 0 saturated heterocycles. The van der Waals surface area contributed by atoms with Crippen LogP contribution in [0.25, 0.3) is 21.5 Å². The molecule has 0 amide bonds. The maximum atomic E-state index is 6.27. The summed E-state index contributed by atoms with van der Waals surface area (Å²) in [4.78, 5) is 17.6. The topological polar surface area (TPSA) is 105 Å². The average Bonchev–Trinajstić information content (AvgIpc) is 3.36. The first-order valence-electron chi connectivity index (χ1n) is 11.5. The Balaban J connectivity index is 1.38. The zero-order chi connectivity index (χ0) is 24.5. The van der Waals surface area contributed by atoms with Gasteiger partial charge in [-0.25, -0.2) is 15.0 Å². The highest BCUT2D eigenvalue weighted by Gasteiger charge is 2.26. The number of nitrogen functional groups attached to an aromatic ring is 1. The molecular formula is C27H23N5O3S. The Morgan fingerprint density at radius 3 is 2.89 bits per heavy atom. The van der Waals surface area contributed by atoms with Crippen LogP contribution >= 0.6 is 11.3 Å². The molecular weight excluding hydrogens is 474 g/mol. The van der Waals surface area contributed by atoms with Crippen LogP contribution in [0, 0.1) is 0 Å². The normalized spacial score (nSPS) is 14.8. The fourth-order valence-corrected chi connectivity index (χ4v) is 5.39. The molecule has 8 nitrogen and oxygen atoms in total. The van der Waals surface area contributed by atoms with Crippen LogP contribution in [0.15, 0.2) is 67.1 Å². The molecule has 0 bridgehead atoms. The van der Waals surface area contributed by atoms with E-state index in [0.29, 0.717) is 19.0 Å². The molecule has 0 fully saturated rings. The Hall–Kier alpha value is -4.24. The third kappa shape index (κ3) is 4.40. The maximum Gasteiger partial charge on any atom is 0.220 e. The highest BCUT2D eigenvalue weighted by atomic mass is 32.1. The van der Waals surface area contributed by atoms with Gasteiger partial charge in [0.15, 0.2) is 0 Å². The van der Waals surface area contributed by atoms with Crippen LogP contribution in [0.5, 0.6) is 17.2 Å². The second-order valence-corrected chi connectivity index (χ2v) is 9.57. The van der Waals surface area contributed by atoms with Crippen LogP contribution in [-0.4, -0.2) is 33.7 Å². The molecule has 180 valence electrons. The maximum absolute atomic E-state index is 6.27. The van der Waals surface area contributed by atoms with Gasteiger partial charge in [-0.3, -0.25) is 4.98 Å². The zero-order valence-corrected chi connectivity index (χ0v) is 20.4. The van der Waals surface area contributed by atoms with Gasteiger partial charge in [0.2, 0.25) is 5.95 Å². The third-order valence-electron chi connectivity index (χ3n) is 6.09. The number of pyridine rings is 1. The summed E-state index contributed by atoms with van der Waals surface area (Å²) in [5, 5.41) is 1.00. The Kier molecular flexibility index (Phi) is 5.82. The highest BCUT2D eigenvalue weighted by molar-refractivity contribution is 7.18. The van der Waals surface area contributed by atoms with Gasteiger partial charge in [-0.05, 0) is 54.4 Å². The smallest absolute Gasteiger partial charge is 0.220 e. The minimum atomic E-state index is 0.131. The van der Waals surface area contributed by atoms with E-state index in [0.717, 1.165) is 55.5 Å². The van der Waals surface area contributed by atoms with Crippen molar-refractivity contribution in [2.75, 3.05) is 19.5 Å². The predicted molar refractivity (Wildman–Crippen MR) is 139 cm³/mol. The van der Waals surface area contributed by atoms with Gasteiger partial charge in [-0.15, -0.1) is 11.3 Å². The number of ether oxygens (including phenoxy) is 3. The molecule has 4 heterocycles. The van der Waals surface area contributed by atoms with Gasteiger partial charge in [0, 0.05) is 35.6 Å². The zero-order valence-electron chi connectivity index (χ0n) is 19.5. The van der Waals surface area contributed by atoms with E-state index in [9.17, 15) is 0 Å². The van der Waals surface area contributed by atoms with Gasteiger partial charge in [-0.2, -0.15) is 0 Å². The number of anilines is 1. The Labute approximate surface area is 211 Å². The fourth-order valence-electron chi connectivity index (χ4n) is 4.28. The number of nitrogens with two attached hydrogens (primary N) is 1. The summed E-state index contributed by atoms with van der Waals surface area (Å²) in [6.45, 7) is 0.950. The standard InChI is InChI=1S/C27H23N5O3S/c1-33-20-4-5-22-18(10-20)9-19(15-35-22)26-32-25-23(34-14-16-3-2-7-29-13-16)11-17(12-24(25)36-26)21-6-8-30-27(28)31-21/h2-8,10-13,19H,9,14-15H2,1H3,(H2,28,30,31). The second kappa shape index (κ2) is 9.43. The van der Waals surface area contributed by atoms with E-state index in [-0.39, 0.29) is 11.9 Å². The molecule has 2 N–H and O–H groups in total. The number of thiazole rings is 1. The van der Waals surface area contributed by atoms with Crippen molar-refractivity contribution in [1.29, 1.82) is 0 Å². The number of nitrogens with zero attached hydrogens (tertiary/aromatic N) is 4. The lowest BCUT2D eigenvalue weighted by atomic mass is 9.97. The van der Waals surface area contributed by atoms with Crippen LogP contribution in [0.2, 0.25) is 0 Å². The summed E-state index contributed by atoms with van der Waals surface area (Å²) in [5.74, 6) is 2.76. The van der Waals surface area contributed by atoms with Gasteiger partial charge in [0.25, 0.3) is 0 Å². The number of fused-ring (bicyclic) bond motifs is 2. The minimum Gasteiger partial charge on any atom is -0.497 e. The molecule has 0 aliphatic carbocycles. The molecule has 1 unspecified atom stereocenters. The Morgan fingerprint density at radius 2 is 2.06 bits per heavy atom. The number of hydrogen-bond acceptors (Lipinski definition) is 9. The van der Waals surface area contributed by atoms with Crippen molar-refractivity contribution in [2.24, 2.45) is 0 Å². The van der Waals surface area contributed by atoms with E-state index in [2.05, 4.69) is 21.0 Å². The molecule has 2 aromatic carbocycles. The van der Waals surface area contributed by atoms with E-state index in [1.807, 2.05) is 42.5 Å². The van der Waals surface area contributed by atoms with E-state index in [4.69, 9.17) is 24.9 Å². The van der Waals surface area contributed by atoms with Gasteiger partial charge in [0.1, 0.15) is 34.4 Å². The third-order valence-corrected chi connectivity index (χ3v) is 7.25. The number of rotatable bonds is 6. The van der Waals surface area contributed by atoms with Crippen molar-refractivity contribution >= 4 is 27.5 Å². The van der Waals surface area contributed by atoms with Gasteiger partial charge in [0.05, 0.1) is 24.1 Å². The molecule has 5 aromatic rings. The predicted octanol–water partition coefficient (Wildman–Crippen LogP) is 5.04. The largest absolute Gasteiger partial charge is 0.497 e. The van der Waals surface area contributed by atoms with Gasteiger partial charge < -0.3 is 19.9 Å². The molecule has 9 heteroatoms. The lowest BCUT2D eigenvalue weighted by Crippen LogP contribution is -2.19. The first-order chi connectivity index (χ1) is 17.7. The molecule has 3 aromatic heterocycles. The number of methoxy groups -OCH3 is 1. The molecule has 0 radical (unpaired) electrons. The minimum absolute atomic E-state index is 0.131. The molecule has 1 atom stereocenters. The first kappa shape index (κ1) is 22.2. The molecule has 1 aliphatic rings. The molecule has 6 rings (SSSR count). The SMILES string of the molecule is COc1ccc2c(c1)CC(c1nc3c(OCc4cccnc4)cc(-c4ccnc(N)n4)cc3s1)CO2.